The van der Waals surface area contributed by atoms with Gasteiger partial charge in [-0.05, 0) is 61.8 Å². The van der Waals surface area contributed by atoms with E-state index < -0.39 is 11.8 Å². The van der Waals surface area contributed by atoms with E-state index in [0.717, 1.165) is 25.2 Å². The Kier molecular flexibility index (Phi) is 8.90. The quantitative estimate of drug-likeness (QED) is 0.543. The first-order valence-electron chi connectivity index (χ1n) is 10.5. The van der Waals surface area contributed by atoms with E-state index in [1.807, 2.05) is 24.3 Å². The van der Waals surface area contributed by atoms with Crippen molar-refractivity contribution >= 4 is 46.6 Å². The molecule has 9 heteroatoms. The lowest BCUT2D eigenvalue weighted by Gasteiger charge is -2.26. The Labute approximate surface area is 197 Å². The molecule has 0 saturated carbocycles. The summed E-state index contributed by atoms with van der Waals surface area (Å²) in [6.45, 7) is 2.58. The monoisotopic (exact) mass is 476 g/mol. The second-order valence-electron chi connectivity index (χ2n) is 7.67. The van der Waals surface area contributed by atoms with Crippen molar-refractivity contribution in [2.45, 2.75) is 25.8 Å². The predicted octanol–water partition coefficient (Wildman–Crippen LogP) is 3.46. The Morgan fingerprint density at radius 3 is 2.38 bits per heavy atom. The second-order valence-corrected chi connectivity index (χ2v) is 8.51. The predicted molar refractivity (Wildman–Crippen MR) is 126 cm³/mol. The van der Waals surface area contributed by atoms with Gasteiger partial charge in [-0.3, -0.25) is 19.3 Å². The summed E-state index contributed by atoms with van der Waals surface area (Å²) >= 11 is 11.8. The Hall–Kier alpha value is -2.61. The number of anilines is 1. The van der Waals surface area contributed by atoms with Crippen molar-refractivity contribution in [3.05, 3.63) is 63.6 Å². The lowest BCUT2D eigenvalue weighted by Crippen LogP contribution is -2.40. The van der Waals surface area contributed by atoms with Crippen LogP contribution in [0.2, 0.25) is 10.0 Å². The second kappa shape index (κ2) is 11.9. The smallest absolute Gasteiger partial charge is 0.253 e. The number of hydrogen-bond acceptors (Lipinski definition) is 4. The number of carbonyl (C=O) groups is 3. The van der Waals surface area contributed by atoms with E-state index in [4.69, 9.17) is 23.2 Å². The molecule has 1 aliphatic rings. The molecule has 1 heterocycles. The van der Waals surface area contributed by atoms with Crippen LogP contribution in [-0.2, 0) is 16.1 Å². The molecule has 2 aromatic carbocycles. The summed E-state index contributed by atoms with van der Waals surface area (Å²) < 4.78 is 0. The van der Waals surface area contributed by atoms with E-state index >= 15 is 0 Å². The minimum atomic E-state index is -0.503. The Morgan fingerprint density at radius 2 is 1.62 bits per heavy atom. The van der Waals surface area contributed by atoms with Gasteiger partial charge in [0.15, 0.2) is 0 Å². The molecule has 0 radical (unpaired) electrons. The van der Waals surface area contributed by atoms with Crippen LogP contribution < -0.4 is 16.0 Å². The number of amides is 3. The minimum Gasteiger partial charge on any atom is -0.345 e. The molecule has 0 bridgehead atoms. The van der Waals surface area contributed by atoms with Crippen molar-refractivity contribution in [1.82, 2.24) is 15.5 Å². The number of carbonyl (C=O) groups excluding carboxylic acids is 3. The third kappa shape index (κ3) is 7.51. The fraction of sp³-hybridized carbons (Fsp3) is 0.348. The van der Waals surface area contributed by atoms with Crippen LogP contribution in [0.3, 0.4) is 0 Å². The molecule has 0 aromatic heterocycles. The van der Waals surface area contributed by atoms with Gasteiger partial charge in [0, 0.05) is 17.3 Å². The number of rotatable bonds is 8. The van der Waals surface area contributed by atoms with Gasteiger partial charge in [0.05, 0.1) is 23.7 Å². The van der Waals surface area contributed by atoms with Crippen molar-refractivity contribution in [3.8, 4) is 0 Å². The zero-order valence-electron chi connectivity index (χ0n) is 17.6. The molecule has 0 unspecified atom stereocenters. The van der Waals surface area contributed by atoms with Gasteiger partial charge in [-0.2, -0.15) is 0 Å². The zero-order valence-corrected chi connectivity index (χ0v) is 19.1. The summed E-state index contributed by atoms with van der Waals surface area (Å²) in [5, 5.41) is 8.34. The largest absolute Gasteiger partial charge is 0.345 e. The zero-order chi connectivity index (χ0) is 22.9. The molecule has 0 spiro atoms. The summed E-state index contributed by atoms with van der Waals surface area (Å²) in [7, 11) is 0. The molecule has 1 aliphatic heterocycles. The van der Waals surface area contributed by atoms with E-state index in [2.05, 4.69) is 20.9 Å². The number of nitrogens with zero attached hydrogens (tertiary/aromatic N) is 1. The number of benzene rings is 2. The molecule has 2 aromatic rings. The molecule has 3 rings (SSSR count). The molecule has 32 heavy (non-hydrogen) atoms. The van der Waals surface area contributed by atoms with Crippen molar-refractivity contribution in [2.24, 2.45) is 0 Å². The Bertz CT molecular complexity index is 977. The number of nitrogens with one attached hydrogen (secondary N) is 3. The maximum absolute atomic E-state index is 12.2. The average molecular weight is 477 g/mol. The topological polar surface area (TPSA) is 90.5 Å². The van der Waals surface area contributed by atoms with Crippen molar-refractivity contribution in [1.29, 1.82) is 0 Å². The summed E-state index contributed by atoms with van der Waals surface area (Å²) in [5.74, 6) is -1.34. The van der Waals surface area contributed by atoms with Gasteiger partial charge in [-0.1, -0.05) is 41.8 Å². The van der Waals surface area contributed by atoms with Crippen LogP contribution in [0.15, 0.2) is 42.5 Å². The molecule has 7 nitrogen and oxygen atoms in total. The first-order chi connectivity index (χ1) is 15.4. The highest BCUT2D eigenvalue weighted by Gasteiger charge is 2.13. The van der Waals surface area contributed by atoms with E-state index in [1.54, 1.807) is 0 Å². The average Bonchev–Trinajstić information content (AvgIpc) is 2.77. The molecular formula is C23H26Cl2N4O3. The molecule has 3 N–H and O–H groups in total. The van der Waals surface area contributed by atoms with Crippen LogP contribution in [-0.4, -0.2) is 48.8 Å². The van der Waals surface area contributed by atoms with E-state index in [1.165, 1.54) is 37.5 Å². The fourth-order valence-electron chi connectivity index (χ4n) is 3.50. The molecule has 1 fully saturated rings. The third-order valence-corrected chi connectivity index (χ3v) is 5.64. The van der Waals surface area contributed by atoms with Gasteiger partial charge in [-0.15, -0.1) is 0 Å². The van der Waals surface area contributed by atoms with Crippen LogP contribution in [0.5, 0.6) is 0 Å². The summed E-state index contributed by atoms with van der Waals surface area (Å²) in [6.07, 6.45) is 3.74. The summed E-state index contributed by atoms with van der Waals surface area (Å²) in [5.41, 5.74) is 2.03. The van der Waals surface area contributed by atoms with Gasteiger partial charge in [0.25, 0.3) is 5.91 Å². The van der Waals surface area contributed by atoms with Crippen LogP contribution in [0.4, 0.5) is 5.69 Å². The molecule has 170 valence electrons. The molecule has 0 aliphatic carbocycles. The molecular weight excluding hydrogens is 451 g/mol. The van der Waals surface area contributed by atoms with Crippen LogP contribution >= 0.6 is 23.2 Å². The Balaban J connectivity index is 1.41. The first-order valence-corrected chi connectivity index (χ1v) is 11.3. The van der Waals surface area contributed by atoms with Gasteiger partial charge < -0.3 is 16.0 Å². The van der Waals surface area contributed by atoms with E-state index in [9.17, 15) is 14.4 Å². The SMILES string of the molecule is O=C(CNC(=O)c1ccc(Cl)cc1Cl)NCC(=O)Nc1cccc(CN2CCCCC2)c1. The highest BCUT2D eigenvalue weighted by atomic mass is 35.5. The van der Waals surface area contributed by atoms with Gasteiger partial charge >= 0.3 is 0 Å². The number of hydrogen-bond donors (Lipinski definition) is 3. The van der Waals surface area contributed by atoms with Crippen LogP contribution in [0.25, 0.3) is 0 Å². The number of piperidine rings is 1. The lowest BCUT2D eigenvalue weighted by atomic mass is 10.1. The number of halogens is 2. The molecule has 1 saturated heterocycles. The summed E-state index contributed by atoms with van der Waals surface area (Å²) in [4.78, 5) is 38.7. The maximum atomic E-state index is 12.2. The first kappa shape index (κ1) is 24.0. The minimum absolute atomic E-state index is 0.192. The highest BCUT2D eigenvalue weighted by Crippen LogP contribution is 2.20. The third-order valence-electron chi connectivity index (χ3n) is 5.10. The lowest BCUT2D eigenvalue weighted by molar-refractivity contribution is -0.123. The summed E-state index contributed by atoms with van der Waals surface area (Å²) in [6, 6.07) is 12.2. The van der Waals surface area contributed by atoms with E-state index in [0.29, 0.717) is 10.7 Å². The molecule has 0 atom stereocenters. The van der Waals surface area contributed by atoms with Gasteiger partial charge in [0.1, 0.15) is 0 Å². The van der Waals surface area contributed by atoms with Gasteiger partial charge in [-0.25, -0.2) is 0 Å². The fourth-order valence-corrected chi connectivity index (χ4v) is 3.99. The Morgan fingerprint density at radius 1 is 0.875 bits per heavy atom. The van der Waals surface area contributed by atoms with Gasteiger partial charge in [0.2, 0.25) is 11.8 Å². The maximum Gasteiger partial charge on any atom is 0.253 e. The van der Waals surface area contributed by atoms with Crippen molar-refractivity contribution in [3.63, 3.8) is 0 Å². The van der Waals surface area contributed by atoms with Crippen LogP contribution in [0.1, 0.15) is 35.2 Å². The highest BCUT2D eigenvalue weighted by molar-refractivity contribution is 6.36. The van der Waals surface area contributed by atoms with Crippen molar-refractivity contribution in [2.75, 3.05) is 31.5 Å². The number of likely N-dealkylation sites (tertiary alicyclic amines) is 1. The normalized spacial score (nSPS) is 13.9. The molecule has 3 amide bonds. The van der Waals surface area contributed by atoms with E-state index in [-0.39, 0.29) is 29.6 Å². The van der Waals surface area contributed by atoms with Crippen LogP contribution in [0, 0.1) is 0 Å². The standard InChI is InChI=1S/C23H26Cl2N4O3/c24-17-7-8-19(20(25)12-17)23(32)27-13-21(30)26-14-22(31)28-18-6-4-5-16(11-18)15-29-9-2-1-3-10-29/h4-8,11-12H,1-3,9-10,13-15H2,(H,26,30)(H,27,32)(H,28,31). The van der Waals surface area contributed by atoms with Crippen molar-refractivity contribution < 1.29 is 14.4 Å².